The topological polar surface area (TPSA) is 53.1 Å². The fraction of sp³-hybridized carbons (Fsp3) is 0.500. The van der Waals surface area contributed by atoms with Crippen molar-refractivity contribution < 1.29 is 0 Å². The molecule has 1 aliphatic carbocycles. The minimum absolute atomic E-state index is 0.302. The lowest BCUT2D eigenvalue weighted by Crippen LogP contribution is -2.31. The van der Waals surface area contributed by atoms with E-state index in [9.17, 15) is 0 Å². The van der Waals surface area contributed by atoms with E-state index in [1.54, 1.807) is 0 Å². The van der Waals surface area contributed by atoms with Crippen molar-refractivity contribution in [2.24, 2.45) is 5.73 Å². The molecule has 0 aliphatic heterocycles. The first kappa shape index (κ1) is 13.4. The summed E-state index contributed by atoms with van der Waals surface area (Å²) in [5.41, 5.74) is 5.43. The smallest absolute Gasteiger partial charge is 0.0918 e. The van der Waals surface area contributed by atoms with Gasteiger partial charge in [-0.25, -0.2) is 0 Å². The van der Waals surface area contributed by atoms with Crippen LogP contribution in [0, 0.1) is 5.41 Å². The number of rotatable bonds is 8. The van der Waals surface area contributed by atoms with Gasteiger partial charge in [0.2, 0.25) is 0 Å². The van der Waals surface area contributed by atoms with Gasteiger partial charge in [-0.05, 0) is 25.0 Å². The maximum Gasteiger partial charge on any atom is 0.0918 e. The molecule has 0 saturated heterocycles. The average molecular weight is 263 g/mol. The highest BCUT2D eigenvalue weighted by Crippen LogP contribution is 2.27. The summed E-state index contributed by atoms with van der Waals surface area (Å²) in [5.74, 6) is 1.41. The average Bonchev–Trinajstić information content (AvgIpc) is 3.19. The molecule has 1 aromatic rings. The van der Waals surface area contributed by atoms with Gasteiger partial charge in [0.25, 0.3) is 0 Å². The first-order valence-electron chi connectivity index (χ1n) is 6.50. The Morgan fingerprint density at radius 1 is 1.28 bits per heavy atom. The molecule has 0 heterocycles. The van der Waals surface area contributed by atoms with E-state index in [4.69, 9.17) is 11.1 Å². The van der Waals surface area contributed by atoms with E-state index in [0.717, 1.165) is 24.9 Å². The van der Waals surface area contributed by atoms with Crippen LogP contribution in [0.3, 0.4) is 0 Å². The highest BCUT2D eigenvalue weighted by Gasteiger charge is 2.28. The summed E-state index contributed by atoms with van der Waals surface area (Å²) in [5, 5.41) is 7.31. The molecule has 0 bridgehead atoms. The van der Waals surface area contributed by atoms with Crippen LogP contribution in [0.2, 0.25) is 0 Å². The first-order valence-corrected chi connectivity index (χ1v) is 7.49. The molecule has 98 valence electrons. The first-order chi connectivity index (χ1) is 8.75. The van der Waals surface area contributed by atoms with Gasteiger partial charge in [0.05, 0.1) is 5.84 Å². The van der Waals surface area contributed by atoms with E-state index >= 15 is 0 Å². The van der Waals surface area contributed by atoms with E-state index < -0.39 is 0 Å². The fourth-order valence-corrected chi connectivity index (χ4v) is 2.89. The zero-order valence-corrected chi connectivity index (χ0v) is 11.5. The summed E-state index contributed by atoms with van der Waals surface area (Å²) in [6.07, 6.45) is 3.33. The molecule has 3 N–H and O–H groups in total. The van der Waals surface area contributed by atoms with Crippen LogP contribution in [0.15, 0.2) is 35.2 Å². The Morgan fingerprint density at radius 2 is 2.00 bits per heavy atom. The Labute approximate surface area is 113 Å². The number of hydrogen-bond donors (Lipinski definition) is 2. The predicted molar refractivity (Wildman–Crippen MR) is 78.3 cm³/mol. The molecule has 1 saturated carbocycles. The van der Waals surface area contributed by atoms with Crippen molar-refractivity contribution in [2.45, 2.75) is 30.2 Å². The minimum atomic E-state index is 0.302. The van der Waals surface area contributed by atoms with Crippen molar-refractivity contribution in [3.8, 4) is 0 Å². The van der Waals surface area contributed by atoms with Gasteiger partial charge >= 0.3 is 0 Å². The van der Waals surface area contributed by atoms with Gasteiger partial charge in [0.15, 0.2) is 0 Å². The predicted octanol–water partition coefficient (Wildman–Crippen LogP) is 2.57. The van der Waals surface area contributed by atoms with Crippen molar-refractivity contribution in [3.05, 3.63) is 30.3 Å². The standard InChI is InChI=1S/C14H21N3S/c15-14(16)8-9-17(12-6-7-12)10-11-18-13-4-2-1-3-5-13/h1-5,12H,6-11H2,(H3,15,16). The number of amidine groups is 1. The quantitative estimate of drug-likeness (QED) is 0.430. The zero-order valence-electron chi connectivity index (χ0n) is 10.6. The van der Waals surface area contributed by atoms with Crippen molar-refractivity contribution in [1.82, 2.24) is 4.90 Å². The van der Waals surface area contributed by atoms with Gasteiger partial charge in [-0.1, -0.05) is 18.2 Å². The zero-order chi connectivity index (χ0) is 12.8. The number of nitrogens with zero attached hydrogens (tertiary/aromatic N) is 1. The van der Waals surface area contributed by atoms with Gasteiger partial charge < -0.3 is 5.73 Å². The van der Waals surface area contributed by atoms with Crippen molar-refractivity contribution in [1.29, 1.82) is 5.41 Å². The van der Waals surface area contributed by atoms with Crippen LogP contribution >= 0.6 is 11.8 Å². The maximum atomic E-state index is 7.31. The SMILES string of the molecule is N=C(N)CCN(CCSc1ccccc1)C1CC1. The highest BCUT2D eigenvalue weighted by molar-refractivity contribution is 7.99. The molecule has 2 rings (SSSR count). The van der Waals surface area contributed by atoms with Crippen molar-refractivity contribution in [3.63, 3.8) is 0 Å². The van der Waals surface area contributed by atoms with Gasteiger partial charge in [0.1, 0.15) is 0 Å². The van der Waals surface area contributed by atoms with Gasteiger partial charge in [-0.3, -0.25) is 10.3 Å². The lowest BCUT2D eigenvalue weighted by atomic mass is 10.3. The molecule has 0 atom stereocenters. The number of thioether (sulfide) groups is 1. The van der Waals surface area contributed by atoms with E-state index in [1.165, 1.54) is 17.7 Å². The summed E-state index contributed by atoms with van der Waals surface area (Å²) in [6, 6.07) is 11.3. The Morgan fingerprint density at radius 3 is 2.61 bits per heavy atom. The summed E-state index contributed by atoms with van der Waals surface area (Å²) in [4.78, 5) is 3.82. The third kappa shape index (κ3) is 4.70. The summed E-state index contributed by atoms with van der Waals surface area (Å²) in [7, 11) is 0. The van der Waals surface area contributed by atoms with Crippen LogP contribution in [0.25, 0.3) is 0 Å². The molecule has 1 aliphatic rings. The number of nitrogens with two attached hydrogens (primary N) is 1. The van der Waals surface area contributed by atoms with Crippen LogP contribution in [0.4, 0.5) is 0 Å². The molecule has 18 heavy (non-hydrogen) atoms. The number of nitrogens with one attached hydrogen (secondary N) is 1. The molecular weight excluding hydrogens is 242 g/mol. The van der Waals surface area contributed by atoms with Crippen molar-refractivity contribution >= 4 is 17.6 Å². The molecule has 0 aromatic heterocycles. The number of benzene rings is 1. The monoisotopic (exact) mass is 263 g/mol. The molecule has 3 nitrogen and oxygen atoms in total. The second-order valence-corrected chi connectivity index (χ2v) is 5.87. The Kier molecular flexibility index (Phi) is 5.08. The van der Waals surface area contributed by atoms with Crippen LogP contribution in [-0.4, -0.2) is 35.6 Å². The third-order valence-corrected chi connectivity index (χ3v) is 4.11. The van der Waals surface area contributed by atoms with Gasteiger partial charge in [0, 0.05) is 36.2 Å². The second kappa shape index (κ2) is 6.81. The second-order valence-electron chi connectivity index (χ2n) is 4.70. The maximum absolute atomic E-state index is 7.31. The largest absolute Gasteiger partial charge is 0.388 e. The summed E-state index contributed by atoms with van der Waals surface area (Å²) < 4.78 is 0. The summed E-state index contributed by atoms with van der Waals surface area (Å²) >= 11 is 1.90. The minimum Gasteiger partial charge on any atom is -0.388 e. The highest BCUT2D eigenvalue weighted by atomic mass is 32.2. The third-order valence-electron chi connectivity index (χ3n) is 3.12. The van der Waals surface area contributed by atoms with Crippen LogP contribution in [0.5, 0.6) is 0 Å². The van der Waals surface area contributed by atoms with Crippen molar-refractivity contribution in [2.75, 3.05) is 18.8 Å². The van der Waals surface area contributed by atoms with E-state index in [2.05, 4.69) is 29.2 Å². The Bertz CT molecular complexity index is 376. The molecular formula is C14H21N3S. The molecule has 0 amide bonds. The Hall–Kier alpha value is -1.00. The van der Waals surface area contributed by atoms with Gasteiger partial charge in [-0.15, -0.1) is 11.8 Å². The van der Waals surface area contributed by atoms with E-state index in [1.807, 2.05) is 17.8 Å². The van der Waals surface area contributed by atoms with Gasteiger partial charge in [-0.2, -0.15) is 0 Å². The fourth-order valence-electron chi connectivity index (χ4n) is 1.98. The molecule has 1 aromatic carbocycles. The lowest BCUT2D eigenvalue weighted by molar-refractivity contribution is 0.288. The molecule has 4 heteroatoms. The summed E-state index contributed by atoms with van der Waals surface area (Å²) in [6.45, 7) is 2.03. The normalized spacial score (nSPS) is 14.9. The molecule has 1 fully saturated rings. The van der Waals surface area contributed by atoms with E-state index in [0.29, 0.717) is 12.3 Å². The van der Waals surface area contributed by atoms with E-state index in [-0.39, 0.29) is 0 Å². The lowest BCUT2D eigenvalue weighted by Gasteiger charge is -2.21. The van der Waals surface area contributed by atoms with Crippen LogP contribution in [-0.2, 0) is 0 Å². The van der Waals surface area contributed by atoms with Crippen LogP contribution < -0.4 is 5.73 Å². The Balaban J connectivity index is 1.71. The number of hydrogen-bond acceptors (Lipinski definition) is 3. The molecule has 0 spiro atoms. The van der Waals surface area contributed by atoms with Crippen LogP contribution in [0.1, 0.15) is 19.3 Å². The molecule has 0 radical (unpaired) electrons. The molecule has 0 unspecified atom stereocenters.